The molecule has 16 nitrogen and oxygen atoms in total. The first-order valence-corrected chi connectivity index (χ1v) is 2.19. The number of hydrogen-bond acceptors (Lipinski definition) is 12. The first-order valence-electron chi connectivity index (χ1n) is 2.19. The third kappa shape index (κ3) is 17100. The van der Waals surface area contributed by atoms with E-state index in [9.17, 15) is 0 Å². The Bertz CT molecular complexity index is 175. The maximum Gasteiger partial charge on any atom is 4.00 e. The normalized spacial score (nSPS) is 4.80. The Morgan fingerprint density at radius 1 is 0.500 bits per heavy atom. The molecule has 0 aliphatic carbocycles. The van der Waals surface area contributed by atoms with Crippen LogP contribution in [0.2, 0.25) is 0 Å². The molecule has 0 fully saturated rings. The zero-order valence-electron chi connectivity index (χ0n) is 9.05. The summed E-state index contributed by atoms with van der Waals surface area (Å²) in [4.78, 5) is 33.0. The minimum Gasteiger partial charge on any atom is -0.356 e. The first kappa shape index (κ1) is 49.9. The molecular weight excluding hydrogens is 495 g/mol. The zero-order chi connectivity index (χ0) is 14.3. The second-order valence-electron chi connectivity index (χ2n) is 0.894. The van der Waals surface area contributed by atoms with Crippen LogP contribution in [0.4, 0.5) is 0 Å². The third-order valence-electron chi connectivity index (χ3n) is 0. The Labute approximate surface area is 193 Å². The Kier molecular flexibility index (Phi) is 106. The van der Waals surface area contributed by atoms with Crippen LogP contribution in [0.5, 0.6) is 0 Å². The molecule has 0 amide bonds. The molecule has 0 saturated carbocycles. The summed E-state index contributed by atoms with van der Waals surface area (Å²) in [6.45, 7) is 0. The van der Waals surface area contributed by atoms with Crippen LogP contribution < -0.4 is 0 Å². The predicted octanol–water partition coefficient (Wildman–Crippen LogP) is -1.72. The Morgan fingerprint density at radius 2 is 0.500 bits per heavy atom. The van der Waals surface area contributed by atoms with Gasteiger partial charge >= 0.3 is 114 Å². The van der Waals surface area contributed by atoms with Gasteiger partial charge in [-0.25, -0.2) is 0 Å². The summed E-state index contributed by atoms with van der Waals surface area (Å²) in [5.74, 6) is 0. The van der Waals surface area contributed by atoms with Crippen LogP contribution in [-0.2, 0) is 58.9 Å². The van der Waals surface area contributed by atoms with Crippen LogP contribution >= 0.6 is 0 Å². The average molecular weight is 495 g/mol. The second kappa shape index (κ2) is 42.7. The molecule has 0 unspecified atom stereocenters. The molecule has 0 saturated heterocycles. The summed E-state index contributed by atoms with van der Waals surface area (Å²) >= 11 is 0. The van der Waals surface area contributed by atoms with Gasteiger partial charge in [0.15, 0.2) is 0 Å². The quantitative estimate of drug-likeness (QED) is 0.206. The third-order valence-corrected chi connectivity index (χ3v) is 0. The smallest absolute Gasteiger partial charge is 0.356 e. The van der Waals surface area contributed by atoms with Crippen LogP contribution in [0.25, 0.3) is 0 Å². The standard InChI is InChI=1S/Al.Ca.4NO3.Y.Zr/c;;4*2-1(3)4;;/q+3;+2;4*-1;+3;+4. The van der Waals surface area contributed by atoms with Crippen molar-refractivity contribution in [3.63, 3.8) is 0 Å². The topological polar surface area (TPSA) is 265 Å². The van der Waals surface area contributed by atoms with Gasteiger partial charge in [0.05, 0.1) is 20.3 Å². The Morgan fingerprint density at radius 3 is 0.500 bits per heavy atom. The number of rotatable bonds is 0. The molecule has 0 spiro atoms. The molecule has 0 bridgehead atoms. The van der Waals surface area contributed by atoms with E-state index < -0.39 is 20.3 Å². The van der Waals surface area contributed by atoms with Crippen molar-refractivity contribution in [1.29, 1.82) is 0 Å². The van der Waals surface area contributed by atoms with Gasteiger partial charge in [-0.2, -0.15) is 0 Å². The molecule has 0 aliphatic heterocycles. The van der Waals surface area contributed by atoms with E-state index in [4.69, 9.17) is 61.3 Å². The average Bonchev–Trinajstić information content (AvgIpc) is 1.76. The van der Waals surface area contributed by atoms with Crippen molar-refractivity contribution in [1.82, 2.24) is 0 Å². The van der Waals surface area contributed by atoms with Gasteiger partial charge < -0.3 is 61.3 Å². The van der Waals surface area contributed by atoms with Crippen molar-refractivity contribution >= 4 is 55.1 Å². The fourth-order valence-electron chi connectivity index (χ4n) is 0. The van der Waals surface area contributed by atoms with Crippen LogP contribution in [0.1, 0.15) is 0 Å². The molecule has 0 N–H and O–H groups in total. The molecular formula is AlCaN4O12YZr+8. The summed E-state index contributed by atoms with van der Waals surface area (Å²) < 4.78 is 0. The minimum absolute atomic E-state index is 0. The van der Waals surface area contributed by atoms with Crippen molar-refractivity contribution in [3.05, 3.63) is 61.3 Å². The fraction of sp³-hybridized carbons (Fsp3) is 0. The molecule has 0 heterocycles. The van der Waals surface area contributed by atoms with Gasteiger partial charge in [-0.3, -0.25) is 0 Å². The molecule has 0 atom stereocenters. The maximum absolute atomic E-state index is 8.25. The van der Waals surface area contributed by atoms with E-state index in [2.05, 4.69) is 0 Å². The Balaban J connectivity index is -0.0000000150. The number of nitrogens with zero attached hydrogens (tertiary/aromatic N) is 4. The summed E-state index contributed by atoms with van der Waals surface area (Å²) in [7, 11) is 0. The summed E-state index contributed by atoms with van der Waals surface area (Å²) in [5, 5.41) is 59.0. The van der Waals surface area contributed by atoms with Crippen LogP contribution in [-0.4, -0.2) is 75.4 Å². The Hall–Kier alpha value is 0.579. The molecule has 96 valence electrons. The minimum atomic E-state index is -1.75. The van der Waals surface area contributed by atoms with E-state index in [0.29, 0.717) is 0 Å². The van der Waals surface area contributed by atoms with Crippen molar-refractivity contribution in [2.45, 2.75) is 0 Å². The molecule has 0 aromatic heterocycles. The van der Waals surface area contributed by atoms with Gasteiger partial charge in [-0.05, 0) is 0 Å². The summed E-state index contributed by atoms with van der Waals surface area (Å²) in [5.41, 5.74) is 0. The predicted molar refractivity (Wildman–Crippen MR) is 53.0 cm³/mol. The molecule has 20 heteroatoms. The van der Waals surface area contributed by atoms with Crippen molar-refractivity contribution in [3.8, 4) is 0 Å². The monoisotopic (exact) mass is 494 g/mol. The zero-order valence-corrected chi connectivity index (χ0v) is 17.7. The fourth-order valence-corrected chi connectivity index (χ4v) is 0. The van der Waals surface area contributed by atoms with Crippen LogP contribution in [0.15, 0.2) is 0 Å². The van der Waals surface area contributed by atoms with Gasteiger partial charge in [-0.15, -0.1) is 0 Å². The largest absolute Gasteiger partial charge is 4.00 e. The van der Waals surface area contributed by atoms with Crippen LogP contribution in [0, 0.1) is 61.3 Å². The van der Waals surface area contributed by atoms with Crippen LogP contribution in [0.3, 0.4) is 0 Å². The number of hydrogen-bond donors (Lipinski definition) is 0. The van der Waals surface area contributed by atoms with Crippen molar-refractivity contribution in [2.24, 2.45) is 0 Å². The van der Waals surface area contributed by atoms with Gasteiger partial charge in [0.2, 0.25) is 0 Å². The second-order valence-corrected chi connectivity index (χ2v) is 0.894. The molecule has 0 aromatic carbocycles. The van der Waals surface area contributed by atoms with Crippen molar-refractivity contribution < 1.29 is 79.3 Å². The van der Waals surface area contributed by atoms with E-state index in [0.717, 1.165) is 0 Å². The molecule has 0 aliphatic rings. The van der Waals surface area contributed by atoms with Crippen molar-refractivity contribution in [2.75, 3.05) is 0 Å². The van der Waals surface area contributed by atoms with Gasteiger partial charge in [0.1, 0.15) is 0 Å². The maximum atomic E-state index is 8.25. The van der Waals surface area contributed by atoms with E-state index in [1.165, 1.54) is 0 Å². The van der Waals surface area contributed by atoms with E-state index in [-0.39, 0.29) is 114 Å². The van der Waals surface area contributed by atoms with Gasteiger partial charge in [0, 0.05) is 0 Å². The summed E-state index contributed by atoms with van der Waals surface area (Å²) in [6, 6.07) is 0. The SMILES string of the molecule is O=[N+]([O-])[O-].O=[N+]([O-])[O-].O=[N+]([O-])[O-].O=[N+]([O-])[O-].[Al+3].[Ca+2].[Y+3].[Zr+4]. The molecule has 0 rings (SSSR count). The van der Waals surface area contributed by atoms with E-state index >= 15 is 0 Å². The van der Waals surface area contributed by atoms with Gasteiger partial charge in [-0.1, -0.05) is 0 Å². The molecule has 0 radical (unpaired) electrons. The molecule has 20 heavy (non-hydrogen) atoms. The molecule has 0 aromatic rings. The summed E-state index contributed by atoms with van der Waals surface area (Å²) in [6.07, 6.45) is 0. The van der Waals surface area contributed by atoms with E-state index in [1.807, 2.05) is 0 Å². The first-order chi connectivity index (χ1) is 6.93. The van der Waals surface area contributed by atoms with Gasteiger partial charge in [0.25, 0.3) is 0 Å². The van der Waals surface area contributed by atoms with E-state index in [1.54, 1.807) is 0 Å².